The van der Waals surface area contributed by atoms with Crippen molar-refractivity contribution in [1.29, 1.82) is 0 Å². The van der Waals surface area contributed by atoms with Gasteiger partial charge in [-0.3, -0.25) is 0 Å². The van der Waals surface area contributed by atoms with Gasteiger partial charge in [0, 0.05) is 5.54 Å². The van der Waals surface area contributed by atoms with E-state index >= 15 is 0 Å². The molecule has 1 nitrogen and oxygen atoms in total. The summed E-state index contributed by atoms with van der Waals surface area (Å²) in [5, 5.41) is 3.95. The first kappa shape index (κ1) is 19.3. The van der Waals surface area contributed by atoms with Crippen LogP contribution in [0.2, 0.25) is 5.54 Å². The molecular formula is C25H28OSi. The third-order valence-corrected chi connectivity index (χ3v) is 10.8. The van der Waals surface area contributed by atoms with Crippen LogP contribution >= 0.6 is 0 Å². The molecule has 0 amide bonds. The van der Waals surface area contributed by atoms with E-state index in [1.807, 2.05) is 0 Å². The molecule has 27 heavy (non-hydrogen) atoms. The molecule has 1 atom stereocenters. The molecule has 138 valence electrons. The third-order valence-electron chi connectivity index (χ3n) is 5.53. The van der Waals surface area contributed by atoms with Crippen molar-refractivity contribution >= 4 is 29.9 Å². The van der Waals surface area contributed by atoms with Crippen LogP contribution in [-0.4, -0.2) is 14.4 Å². The Morgan fingerprint density at radius 1 is 0.704 bits per heavy atom. The van der Waals surface area contributed by atoms with Gasteiger partial charge in [0.25, 0.3) is 0 Å². The molecule has 0 bridgehead atoms. The van der Waals surface area contributed by atoms with Gasteiger partial charge in [-0.05, 0) is 22.0 Å². The normalized spacial score (nSPS) is 12.5. The second-order valence-corrected chi connectivity index (χ2v) is 11.2. The third kappa shape index (κ3) is 3.96. The summed E-state index contributed by atoms with van der Waals surface area (Å²) in [4.78, 5) is 12.5. The van der Waals surface area contributed by atoms with Crippen LogP contribution in [0.4, 0.5) is 0 Å². The molecule has 1 unspecified atom stereocenters. The van der Waals surface area contributed by atoms with Crippen molar-refractivity contribution in [2.45, 2.75) is 38.1 Å². The number of carbonyl (C=O) groups excluding carboxylic acids is 1. The van der Waals surface area contributed by atoms with E-state index in [2.05, 4.69) is 97.9 Å². The summed E-state index contributed by atoms with van der Waals surface area (Å²) in [6.45, 7) is 2.21. The number of carbonyl (C=O) groups is 1. The molecule has 0 fully saturated rings. The van der Waals surface area contributed by atoms with E-state index in [1.54, 1.807) is 0 Å². The molecule has 0 saturated heterocycles. The quantitative estimate of drug-likeness (QED) is 0.237. The number of rotatable bonds is 9. The van der Waals surface area contributed by atoms with Gasteiger partial charge in [0.05, 0.1) is 0 Å². The SMILES string of the molecule is CCCCCC(C=O)[Si](c1ccccc1)(c1ccccc1)c1ccccc1. The molecule has 0 aliphatic rings. The average molecular weight is 373 g/mol. The van der Waals surface area contributed by atoms with Gasteiger partial charge in [0.1, 0.15) is 6.29 Å². The molecule has 3 aromatic carbocycles. The van der Waals surface area contributed by atoms with Gasteiger partial charge >= 0.3 is 0 Å². The Morgan fingerprint density at radius 3 is 1.44 bits per heavy atom. The molecule has 0 aliphatic carbocycles. The second kappa shape index (κ2) is 9.47. The minimum Gasteiger partial charge on any atom is -0.303 e. The van der Waals surface area contributed by atoms with Crippen LogP contribution in [0.15, 0.2) is 91.0 Å². The first-order chi connectivity index (χ1) is 13.3. The van der Waals surface area contributed by atoms with Gasteiger partial charge in [-0.1, -0.05) is 117 Å². The van der Waals surface area contributed by atoms with Gasteiger partial charge in [0.15, 0.2) is 8.07 Å². The minimum atomic E-state index is -2.47. The Hall–Kier alpha value is -2.45. The van der Waals surface area contributed by atoms with Gasteiger partial charge < -0.3 is 4.79 Å². The maximum Gasteiger partial charge on any atom is 0.158 e. The first-order valence-electron chi connectivity index (χ1n) is 9.96. The van der Waals surface area contributed by atoms with E-state index in [0.29, 0.717) is 0 Å². The lowest BCUT2D eigenvalue weighted by Gasteiger charge is -2.38. The topological polar surface area (TPSA) is 17.1 Å². The van der Waals surface area contributed by atoms with E-state index in [4.69, 9.17) is 0 Å². The summed E-state index contributed by atoms with van der Waals surface area (Å²) < 4.78 is 0. The van der Waals surface area contributed by atoms with E-state index in [0.717, 1.165) is 12.8 Å². The number of hydrogen-bond acceptors (Lipinski definition) is 1. The Bertz CT molecular complexity index is 718. The van der Waals surface area contributed by atoms with Crippen molar-refractivity contribution in [3.05, 3.63) is 91.0 Å². The summed E-state index contributed by atoms with van der Waals surface area (Å²) in [6, 6.07) is 32.2. The molecule has 0 heterocycles. The number of benzene rings is 3. The summed E-state index contributed by atoms with van der Waals surface area (Å²) >= 11 is 0. The van der Waals surface area contributed by atoms with E-state index < -0.39 is 8.07 Å². The lowest BCUT2D eigenvalue weighted by molar-refractivity contribution is -0.108. The van der Waals surface area contributed by atoms with Crippen LogP contribution in [-0.2, 0) is 4.79 Å². The van der Waals surface area contributed by atoms with Crippen LogP contribution in [0.1, 0.15) is 32.6 Å². The van der Waals surface area contributed by atoms with Crippen LogP contribution in [0.5, 0.6) is 0 Å². The average Bonchev–Trinajstić information content (AvgIpc) is 2.75. The molecule has 2 heteroatoms. The Morgan fingerprint density at radius 2 is 1.11 bits per heavy atom. The highest BCUT2D eigenvalue weighted by molar-refractivity contribution is 7.13. The van der Waals surface area contributed by atoms with Crippen molar-refractivity contribution in [1.82, 2.24) is 0 Å². The number of aldehydes is 1. The fourth-order valence-electron chi connectivity index (χ4n) is 4.25. The predicted molar refractivity (Wildman–Crippen MR) is 118 cm³/mol. The maximum absolute atomic E-state index is 12.5. The second-order valence-electron chi connectivity index (χ2n) is 7.14. The largest absolute Gasteiger partial charge is 0.303 e. The number of hydrogen-bond donors (Lipinski definition) is 0. The van der Waals surface area contributed by atoms with Gasteiger partial charge in [0.2, 0.25) is 0 Å². The lowest BCUT2D eigenvalue weighted by Crippen LogP contribution is -2.70. The monoisotopic (exact) mass is 372 g/mol. The van der Waals surface area contributed by atoms with Gasteiger partial charge in [-0.15, -0.1) is 0 Å². The fourth-order valence-corrected chi connectivity index (χ4v) is 9.53. The highest BCUT2D eigenvalue weighted by Crippen LogP contribution is 2.26. The smallest absolute Gasteiger partial charge is 0.158 e. The fraction of sp³-hybridized carbons (Fsp3) is 0.240. The molecule has 0 spiro atoms. The highest BCUT2D eigenvalue weighted by atomic mass is 28.3. The van der Waals surface area contributed by atoms with Crippen molar-refractivity contribution in [2.24, 2.45) is 0 Å². The summed E-state index contributed by atoms with van der Waals surface area (Å²) in [6.07, 6.45) is 5.63. The zero-order chi connectivity index (χ0) is 19.0. The molecule has 3 rings (SSSR count). The van der Waals surface area contributed by atoms with Gasteiger partial charge in [-0.25, -0.2) is 0 Å². The van der Waals surface area contributed by atoms with Crippen LogP contribution in [0, 0.1) is 0 Å². The van der Waals surface area contributed by atoms with E-state index in [1.165, 1.54) is 34.7 Å². The zero-order valence-electron chi connectivity index (χ0n) is 16.1. The Balaban J connectivity index is 2.27. The van der Waals surface area contributed by atoms with Gasteiger partial charge in [-0.2, -0.15) is 0 Å². The first-order valence-corrected chi connectivity index (χ1v) is 12.0. The van der Waals surface area contributed by atoms with Crippen molar-refractivity contribution in [3.63, 3.8) is 0 Å². The summed E-state index contributed by atoms with van der Waals surface area (Å²) in [7, 11) is -2.47. The van der Waals surface area contributed by atoms with E-state index in [-0.39, 0.29) is 5.54 Å². The minimum absolute atomic E-state index is 0.0243. The predicted octanol–water partition coefficient (Wildman–Crippen LogP) is 4.31. The van der Waals surface area contributed by atoms with Crippen LogP contribution in [0.25, 0.3) is 0 Å². The van der Waals surface area contributed by atoms with Crippen LogP contribution < -0.4 is 15.6 Å². The van der Waals surface area contributed by atoms with E-state index in [9.17, 15) is 4.79 Å². The molecule has 0 radical (unpaired) electrons. The lowest BCUT2D eigenvalue weighted by atomic mass is 10.2. The molecule has 0 saturated carbocycles. The zero-order valence-corrected chi connectivity index (χ0v) is 17.1. The molecule has 0 aromatic heterocycles. The molecule has 0 N–H and O–H groups in total. The summed E-state index contributed by atoms with van der Waals surface area (Å²) in [5.74, 6) is 0. The Kier molecular flexibility index (Phi) is 6.78. The van der Waals surface area contributed by atoms with Crippen molar-refractivity contribution in [2.75, 3.05) is 0 Å². The standard InChI is InChI=1S/C25H28OSi/c1-2-3-7-20-25(21-26)27(22-14-8-4-9-15-22,23-16-10-5-11-17-23)24-18-12-6-13-19-24/h4-6,8-19,21,25H,2-3,7,20H2,1H3. The van der Waals surface area contributed by atoms with Crippen molar-refractivity contribution in [3.8, 4) is 0 Å². The van der Waals surface area contributed by atoms with Crippen molar-refractivity contribution < 1.29 is 4.79 Å². The highest BCUT2D eigenvalue weighted by Gasteiger charge is 2.45. The van der Waals surface area contributed by atoms with Crippen LogP contribution in [0.3, 0.4) is 0 Å². The summed E-state index contributed by atoms with van der Waals surface area (Å²) in [5.41, 5.74) is 0.0243. The Labute approximate surface area is 164 Å². The maximum atomic E-state index is 12.5. The molecule has 0 aliphatic heterocycles. The number of unbranched alkanes of at least 4 members (excludes halogenated alkanes) is 2. The molecular weight excluding hydrogens is 344 g/mol. The molecule has 3 aromatic rings.